The molecule has 0 bridgehead atoms. The van der Waals surface area contributed by atoms with Crippen molar-refractivity contribution in [3.63, 3.8) is 0 Å². The number of aromatic nitrogens is 1. The van der Waals surface area contributed by atoms with Crippen LogP contribution in [0.4, 0.5) is 9.18 Å². The van der Waals surface area contributed by atoms with Crippen LogP contribution >= 0.6 is 15.9 Å². The van der Waals surface area contributed by atoms with E-state index in [1.165, 1.54) is 12.1 Å². The number of hydrogen-bond donors (Lipinski definition) is 1. The second kappa shape index (κ2) is 5.20. The van der Waals surface area contributed by atoms with Crippen molar-refractivity contribution in [2.45, 2.75) is 12.1 Å². The fraction of sp³-hybridized carbons (Fsp3) is 0.143. The average Bonchev–Trinajstić information content (AvgIpc) is 2.81. The third-order valence-electron chi connectivity index (χ3n) is 3.04. The van der Waals surface area contributed by atoms with Gasteiger partial charge in [0.15, 0.2) is 6.10 Å². The first-order valence-electron chi connectivity index (χ1n) is 5.98. The molecule has 0 spiro atoms. The molecule has 2 aromatic rings. The molecule has 1 aliphatic heterocycles. The maximum atomic E-state index is 13.3. The minimum absolute atomic E-state index is 0.369. The molecular weight excluding hydrogens is 327 g/mol. The number of benzene rings is 1. The lowest BCUT2D eigenvalue weighted by atomic mass is 10.00. The van der Waals surface area contributed by atoms with Gasteiger partial charge in [-0.05, 0) is 45.8 Å². The van der Waals surface area contributed by atoms with Crippen LogP contribution in [0.5, 0.6) is 0 Å². The number of ether oxygens (including phenoxy) is 1. The summed E-state index contributed by atoms with van der Waals surface area (Å²) in [5, 5.41) is 2.70. The van der Waals surface area contributed by atoms with Gasteiger partial charge >= 0.3 is 6.09 Å². The molecule has 0 unspecified atom stereocenters. The first-order valence-corrected chi connectivity index (χ1v) is 6.78. The highest BCUT2D eigenvalue weighted by Crippen LogP contribution is 2.36. The van der Waals surface area contributed by atoms with Crippen LogP contribution in [-0.2, 0) is 4.74 Å². The molecule has 3 rings (SSSR count). The number of rotatable bonds is 2. The van der Waals surface area contributed by atoms with E-state index in [1.807, 2.05) is 6.07 Å². The lowest BCUT2D eigenvalue weighted by Crippen LogP contribution is -2.20. The highest BCUT2D eigenvalue weighted by molar-refractivity contribution is 9.10. The topological polar surface area (TPSA) is 51.2 Å². The van der Waals surface area contributed by atoms with Crippen molar-refractivity contribution in [3.05, 3.63) is 64.1 Å². The van der Waals surface area contributed by atoms with Gasteiger partial charge in [-0.3, -0.25) is 0 Å². The standard InChI is InChI=1S/C14H10BrFN2O2/c15-11-6-2-5-10(17-11)12-13(20-14(19)18-12)8-3-1-4-9(16)7-8/h1-7,12-13H,(H,18,19)/t12-,13-/m1/s1. The summed E-state index contributed by atoms with van der Waals surface area (Å²) in [6, 6.07) is 11.0. The predicted octanol–water partition coefficient (Wildman–Crippen LogP) is 3.51. The Balaban J connectivity index is 1.99. The van der Waals surface area contributed by atoms with E-state index in [4.69, 9.17) is 4.74 Å². The Morgan fingerprint density at radius 2 is 2.05 bits per heavy atom. The van der Waals surface area contributed by atoms with Gasteiger partial charge in [0.05, 0.1) is 5.69 Å². The monoisotopic (exact) mass is 336 g/mol. The van der Waals surface area contributed by atoms with Crippen LogP contribution in [0, 0.1) is 5.82 Å². The number of nitrogens with zero attached hydrogens (tertiary/aromatic N) is 1. The molecule has 1 aromatic heterocycles. The molecule has 1 fully saturated rings. The first kappa shape index (κ1) is 13.1. The molecule has 0 saturated carbocycles. The van der Waals surface area contributed by atoms with Gasteiger partial charge in [0, 0.05) is 0 Å². The Bertz CT molecular complexity index is 610. The van der Waals surface area contributed by atoms with Gasteiger partial charge in [-0.25, -0.2) is 14.2 Å². The summed E-state index contributed by atoms with van der Waals surface area (Å²) in [4.78, 5) is 15.8. The summed E-state index contributed by atoms with van der Waals surface area (Å²) in [6.07, 6.45) is -1.13. The van der Waals surface area contributed by atoms with Crippen LogP contribution in [-0.4, -0.2) is 11.1 Å². The maximum absolute atomic E-state index is 13.3. The molecule has 1 N–H and O–H groups in total. The molecule has 1 aliphatic rings. The second-order valence-electron chi connectivity index (χ2n) is 4.39. The molecule has 0 radical (unpaired) electrons. The van der Waals surface area contributed by atoms with Crippen LogP contribution in [0.15, 0.2) is 47.1 Å². The van der Waals surface area contributed by atoms with Crippen molar-refractivity contribution < 1.29 is 13.9 Å². The van der Waals surface area contributed by atoms with E-state index in [-0.39, 0.29) is 5.82 Å². The van der Waals surface area contributed by atoms with Crippen molar-refractivity contribution >= 4 is 22.0 Å². The summed E-state index contributed by atoms with van der Waals surface area (Å²) in [5.74, 6) is -0.369. The zero-order chi connectivity index (χ0) is 14.1. The minimum atomic E-state index is -0.597. The molecule has 6 heteroatoms. The lowest BCUT2D eigenvalue weighted by Gasteiger charge is -2.17. The number of halogens is 2. The molecule has 4 nitrogen and oxygen atoms in total. The normalized spacial score (nSPS) is 21.4. The summed E-state index contributed by atoms with van der Waals surface area (Å²) >= 11 is 3.29. The molecule has 2 atom stereocenters. The van der Waals surface area contributed by atoms with Crippen molar-refractivity contribution in [3.8, 4) is 0 Å². The van der Waals surface area contributed by atoms with Gasteiger partial charge in [0.1, 0.15) is 16.5 Å². The highest BCUT2D eigenvalue weighted by atomic mass is 79.9. The Morgan fingerprint density at radius 1 is 1.25 bits per heavy atom. The zero-order valence-corrected chi connectivity index (χ0v) is 11.8. The largest absolute Gasteiger partial charge is 0.439 e. The fourth-order valence-electron chi connectivity index (χ4n) is 2.19. The number of alkyl carbamates (subject to hydrolysis) is 1. The van der Waals surface area contributed by atoms with Crippen molar-refractivity contribution in [2.75, 3.05) is 0 Å². The van der Waals surface area contributed by atoms with Gasteiger partial charge in [0.25, 0.3) is 0 Å². The summed E-state index contributed by atoms with van der Waals surface area (Å²) in [7, 11) is 0. The Kier molecular flexibility index (Phi) is 3.40. The Labute approximate surface area is 123 Å². The number of carbonyl (C=O) groups excluding carboxylic acids is 1. The van der Waals surface area contributed by atoms with Gasteiger partial charge in [-0.1, -0.05) is 18.2 Å². The zero-order valence-electron chi connectivity index (χ0n) is 10.2. The molecule has 102 valence electrons. The van der Waals surface area contributed by atoms with E-state index in [0.717, 1.165) is 0 Å². The minimum Gasteiger partial charge on any atom is -0.439 e. The van der Waals surface area contributed by atoms with Crippen LogP contribution in [0.1, 0.15) is 23.4 Å². The summed E-state index contributed by atoms with van der Waals surface area (Å²) < 4.78 is 19.2. The first-order chi connectivity index (χ1) is 9.63. The van der Waals surface area contributed by atoms with Crippen LogP contribution in [0.25, 0.3) is 0 Å². The Morgan fingerprint density at radius 3 is 2.80 bits per heavy atom. The van der Waals surface area contributed by atoms with E-state index < -0.39 is 18.2 Å². The van der Waals surface area contributed by atoms with Crippen LogP contribution in [0.3, 0.4) is 0 Å². The fourth-order valence-corrected chi connectivity index (χ4v) is 2.55. The van der Waals surface area contributed by atoms with Crippen LogP contribution < -0.4 is 5.32 Å². The third-order valence-corrected chi connectivity index (χ3v) is 3.48. The smallest absolute Gasteiger partial charge is 0.408 e. The molecule has 0 aliphatic carbocycles. The molecule has 1 amide bonds. The number of nitrogens with one attached hydrogen (secondary N) is 1. The predicted molar refractivity (Wildman–Crippen MR) is 73.4 cm³/mol. The summed E-state index contributed by atoms with van der Waals surface area (Å²) in [5.41, 5.74) is 1.25. The molecular formula is C14H10BrFN2O2. The maximum Gasteiger partial charge on any atom is 0.408 e. The van der Waals surface area contributed by atoms with E-state index >= 15 is 0 Å². The SMILES string of the molecule is O=C1N[C@H](c2cccc(Br)n2)[C@@H](c2cccc(F)c2)O1. The molecule has 1 aromatic carbocycles. The number of pyridine rings is 1. The van der Waals surface area contributed by atoms with Gasteiger partial charge in [0.2, 0.25) is 0 Å². The van der Waals surface area contributed by atoms with Gasteiger partial charge in [-0.15, -0.1) is 0 Å². The Hall–Kier alpha value is -1.95. The van der Waals surface area contributed by atoms with Gasteiger partial charge < -0.3 is 10.1 Å². The van der Waals surface area contributed by atoms with Crippen LogP contribution in [0.2, 0.25) is 0 Å². The summed E-state index contributed by atoms with van der Waals surface area (Å²) in [6.45, 7) is 0. The lowest BCUT2D eigenvalue weighted by molar-refractivity contribution is 0.131. The van der Waals surface area contributed by atoms with E-state index in [2.05, 4.69) is 26.2 Å². The van der Waals surface area contributed by atoms with Crippen molar-refractivity contribution in [2.24, 2.45) is 0 Å². The van der Waals surface area contributed by atoms with E-state index in [0.29, 0.717) is 15.9 Å². The van der Waals surface area contributed by atoms with Gasteiger partial charge in [-0.2, -0.15) is 0 Å². The van der Waals surface area contributed by atoms with Crippen molar-refractivity contribution in [1.82, 2.24) is 10.3 Å². The van der Waals surface area contributed by atoms with Crippen molar-refractivity contribution in [1.29, 1.82) is 0 Å². The average molecular weight is 337 g/mol. The number of amides is 1. The molecule has 20 heavy (non-hydrogen) atoms. The second-order valence-corrected chi connectivity index (χ2v) is 5.20. The third kappa shape index (κ3) is 2.51. The molecule has 2 heterocycles. The highest BCUT2D eigenvalue weighted by Gasteiger charge is 2.37. The molecule has 1 saturated heterocycles. The number of carbonyl (C=O) groups is 1. The van der Waals surface area contributed by atoms with E-state index in [1.54, 1.807) is 24.3 Å². The van der Waals surface area contributed by atoms with E-state index in [9.17, 15) is 9.18 Å². The number of cyclic esters (lactones) is 1. The number of hydrogen-bond acceptors (Lipinski definition) is 3. The quantitative estimate of drug-likeness (QED) is 0.854.